The molecule has 0 fully saturated rings. The van der Waals surface area contributed by atoms with Crippen molar-refractivity contribution in [2.24, 2.45) is 0 Å². The SMILES string of the molecule is CCNC(Cc1cncs1)c1cc2ccccc2s1. The standard InChI is InChI=1S/C15H16N2S2/c1-2-17-13(8-12-9-16-10-18-12)15-7-11-5-3-4-6-14(11)19-15/h3-7,9-10,13,17H,2,8H2,1H3. The van der Waals surface area contributed by atoms with Crippen LogP contribution in [0.25, 0.3) is 10.1 Å². The third kappa shape index (κ3) is 2.86. The largest absolute Gasteiger partial charge is 0.309 e. The van der Waals surface area contributed by atoms with Gasteiger partial charge >= 0.3 is 0 Å². The molecule has 2 aromatic heterocycles. The van der Waals surface area contributed by atoms with E-state index in [1.165, 1.54) is 19.8 Å². The number of aromatic nitrogens is 1. The van der Waals surface area contributed by atoms with E-state index >= 15 is 0 Å². The second kappa shape index (κ2) is 5.82. The number of fused-ring (bicyclic) bond motifs is 1. The van der Waals surface area contributed by atoms with E-state index in [0.717, 1.165) is 13.0 Å². The van der Waals surface area contributed by atoms with Crippen molar-refractivity contribution >= 4 is 32.8 Å². The topological polar surface area (TPSA) is 24.9 Å². The molecule has 0 spiro atoms. The van der Waals surface area contributed by atoms with Crippen LogP contribution in [-0.4, -0.2) is 11.5 Å². The normalized spacial score (nSPS) is 12.9. The molecule has 2 heterocycles. The first kappa shape index (κ1) is 12.8. The minimum Gasteiger partial charge on any atom is -0.309 e. The molecule has 3 rings (SSSR count). The summed E-state index contributed by atoms with van der Waals surface area (Å²) in [6, 6.07) is 11.3. The number of thiophene rings is 1. The Morgan fingerprint density at radius 3 is 2.95 bits per heavy atom. The maximum Gasteiger partial charge on any atom is 0.0794 e. The van der Waals surface area contributed by atoms with Gasteiger partial charge < -0.3 is 5.32 Å². The van der Waals surface area contributed by atoms with Gasteiger partial charge in [-0.3, -0.25) is 4.98 Å². The van der Waals surface area contributed by atoms with E-state index in [9.17, 15) is 0 Å². The minimum absolute atomic E-state index is 0.392. The van der Waals surface area contributed by atoms with Crippen LogP contribution >= 0.6 is 22.7 Å². The van der Waals surface area contributed by atoms with Crippen molar-refractivity contribution in [3.05, 3.63) is 51.8 Å². The summed E-state index contributed by atoms with van der Waals surface area (Å²) >= 11 is 3.62. The van der Waals surface area contributed by atoms with Crippen LogP contribution < -0.4 is 5.32 Å². The molecular formula is C15H16N2S2. The number of benzene rings is 1. The first-order valence-electron chi connectivity index (χ1n) is 6.46. The summed E-state index contributed by atoms with van der Waals surface area (Å²) in [7, 11) is 0. The first-order valence-corrected chi connectivity index (χ1v) is 8.15. The highest BCUT2D eigenvalue weighted by molar-refractivity contribution is 7.19. The fourth-order valence-corrected chi connectivity index (χ4v) is 4.02. The van der Waals surface area contributed by atoms with Gasteiger partial charge in [-0.1, -0.05) is 25.1 Å². The summed E-state index contributed by atoms with van der Waals surface area (Å²) in [5, 5.41) is 4.93. The average molecular weight is 288 g/mol. The van der Waals surface area contributed by atoms with E-state index in [0.29, 0.717) is 6.04 Å². The molecule has 0 radical (unpaired) electrons. The number of thiazole rings is 1. The highest BCUT2D eigenvalue weighted by atomic mass is 32.1. The maximum absolute atomic E-state index is 4.17. The molecule has 0 saturated carbocycles. The van der Waals surface area contributed by atoms with Gasteiger partial charge in [0.25, 0.3) is 0 Å². The predicted molar refractivity (Wildman–Crippen MR) is 84.1 cm³/mol. The Hall–Kier alpha value is -1.23. The lowest BCUT2D eigenvalue weighted by molar-refractivity contribution is 0.561. The molecule has 2 nitrogen and oxygen atoms in total. The van der Waals surface area contributed by atoms with Crippen molar-refractivity contribution in [2.45, 2.75) is 19.4 Å². The number of nitrogens with zero attached hydrogens (tertiary/aromatic N) is 1. The second-order valence-electron chi connectivity index (χ2n) is 4.47. The van der Waals surface area contributed by atoms with Crippen LogP contribution in [0.3, 0.4) is 0 Å². The molecule has 1 N–H and O–H groups in total. The fraction of sp³-hybridized carbons (Fsp3) is 0.267. The Morgan fingerprint density at radius 1 is 1.32 bits per heavy atom. The molecule has 3 aromatic rings. The molecule has 0 aliphatic heterocycles. The lowest BCUT2D eigenvalue weighted by Gasteiger charge is -2.14. The van der Waals surface area contributed by atoms with Gasteiger partial charge in [-0.25, -0.2) is 0 Å². The lowest BCUT2D eigenvalue weighted by atomic mass is 10.1. The molecule has 4 heteroatoms. The predicted octanol–water partition coefficient (Wildman–Crippen LogP) is 4.25. The summed E-state index contributed by atoms with van der Waals surface area (Å²) in [5.74, 6) is 0. The monoisotopic (exact) mass is 288 g/mol. The smallest absolute Gasteiger partial charge is 0.0794 e. The average Bonchev–Trinajstić information content (AvgIpc) is 3.06. The van der Waals surface area contributed by atoms with Crippen molar-refractivity contribution in [1.82, 2.24) is 10.3 Å². The number of hydrogen-bond acceptors (Lipinski definition) is 4. The van der Waals surface area contributed by atoms with Crippen LogP contribution in [0, 0.1) is 0 Å². The van der Waals surface area contributed by atoms with Gasteiger partial charge in [0.2, 0.25) is 0 Å². The summed E-state index contributed by atoms with van der Waals surface area (Å²) < 4.78 is 1.37. The first-order chi connectivity index (χ1) is 9.36. The lowest BCUT2D eigenvalue weighted by Crippen LogP contribution is -2.21. The van der Waals surface area contributed by atoms with E-state index in [2.05, 4.69) is 47.6 Å². The number of rotatable bonds is 5. The second-order valence-corrected chi connectivity index (χ2v) is 6.55. The summed E-state index contributed by atoms with van der Waals surface area (Å²) in [6.07, 6.45) is 2.99. The summed E-state index contributed by atoms with van der Waals surface area (Å²) in [5.41, 5.74) is 1.91. The molecule has 0 amide bonds. The van der Waals surface area contributed by atoms with Gasteiger partial charge in [0.15, 0.2) is 0 Å². The molecule has 1 aromatic carbocycles. The Balaban J connectivity index is 1.90. The van der Waals surface area contributed by atoms with Crippen molar-refractivity contribution in [3.8, 4) is 0 Å². The van der Waals surface area contributed by atoms with Crippen molar-refractivity contribution in [3.63, 3.8) is 0 Å². The Labute approximate surface area is 121 Å². The third-order valence-corrected chi connectivity index (χ3v) is 5.16. The molecule has 19 heavy (non-hydrogen) atoms. The third-order valence-electron chi connectivity index (χ3n) is 3.13. The fourth-order valence-electron chi connectivity index (χ4n) is 2.24. The molecule has 1 unspecified atom stereocenters. The van der Waals surface area contributed by atoms with Gasteiger partial charge in [-0.15, -0.1) is 22.7 Å². The maximum atomic E-state index is 4.17. The van der Waals surface area contributed by atoms with Crippen LogP contribution in [0.4, 0.5) is 0 Å². The number of nitrogens with one attached hydrogen (secondary N) is 1. The summed E-state index contributed by atoms with van der Waals surface area (Å²) in [6.45, 7) is 3.14. The van der Waals surface area contributed by atoms with Gasteiger partial charge in [-0.05, 0) is 24.1 Å². The van der Waals surface area contributed by atoms with Crippen LogP contribution in [0.1, 0.15) is 22.7 Å². The molecule has 0 aliphatic rings. The zero-order valence-corrected chi connectivity index (χ0v) is 12.4. The zero-order valence-electron chi connectivity index (χ0n) is 10.8. The van der Waals surface area contributed by atoms with Gasteiger partial charge in [0.1, 0.15) is 0 Å². The molecular weight excluding hydrogens is 272 g/mol. The molecule has 1 atom stereocenters. The van der Waals surface area contributed by atoms with Crippen LogP contribution in [0.5, 0.6) is 0 Å². The number of likely N-dealkylation sites (N-methyl/N-ethyl adjacent to an activating group) is 1. The van der Waals surface area contributed by atoms with E-state index in [1.807, 2.05) is 23.0 Å². The number of hydrogen-bond donors (Lipinski definition) is 1. The molecule has 98 valence electrons. The highest BCUT2D eigenvalue weighted by Gasteiger charge is 2.14. The van der Waals surface area contributed by atoms with Crippen molar-refractivity contribution in [1.29, 1.82) is 0 Å². The Morgan fingerprint density at radius 2 is 2.21 bits per heavy atom. The van der Waals surface area contributed by atoms with E-state index in [4.69, 9.17) is 0 Å². The van der Waals surface area contributed by atoms with Crippen molar-refractivity contribution in [2.75, 3.05) is 6.54 Å². The van der Waals surface area contributed by atoms with E-state index in [-0.39, 0.29) is 0 Å². The minimum atomic E-state index is 0.392. The van der Waals surface area contributed by atoms with Crippen molar-refractivity contribution < 1.29 is 0 Å². The van der Waals surface area contributed by atoms with Gasteiger partial charge in [0.05, 0.1) is 5.51 Å². The van der Waals surface area contributed by atoms with Crippen LogP contribution in [0.2, 0.25) is 0 Å². The van der Waals surface area contributed by atoms with Gasteiger partial charge in [-0.2, -0.15) is 0 Å². The van der Waals surface area contributed by atoms with Gasteiger partial charge in [0, 0.05) is 33.1 Å². The quantitative estimate of drug-likeness (QED) is 0.759. The Kier molecular flexibility index (Phi) is 3.92. The molecule has 0 bridgehead atoms. The molecule has 0 saturated heterocycles. The summed E-state index contributed by atoms with van der Waals surface area (Å²) in [4.78, 5) is 6.92. The molecule has 0 aliphatic carbocycles. The van der Waals surface area contributed by atoms with Crippen LogP contribution in [-0.2, 0) is 6.42 Å². The zero-order chi connectivity index (χ0) is 13.1. The van der Waals surface area contributed by atoms with E-state index in [1.54, 1.807) is 11.3 Å². The van der Waals surface area contributed by atoms with E-state index < -0.39 is 0 Å². The highest BCUT2D eigenvalue weighted by Crippen LogP contribution is 2.31. The van der Waals surface area contributed by atoms with Crippen LogP contribution in [0.15, 0.2) is 42.0 Å². The Bertz CT molecular complexity index is 610.